The molecule has 0 spiro atoms. The summed E-state index contributed by atoms with van der Waals surface area (Å²) in [5.41, 5.74) is 11.3. The van der Waals surface area contributed by atoms with Crippen LogP contribution in [0.4, 0.5) is 0 Å². The summed E-state index contributed by atoms with van der Waals surface area (Å²) in [7, 11) is -8.47. The van der Waals surface area contributed by atoms with Crippen LogP contribution >= 0.6 is 15.6 Å². The summed E-state index contributed by atoms with van der Waals surface area (Å²) in [4.78, 5) is 20.3. The summed E-state index contributed by atoms with van der Waals surface area (Å²) in [6, 6.07) is 15.8. The Kier molecular flexibility index (Phi) is 11.8. The van der Waals surface area contributed by atoms with E-state index in [4.69, 9.17) is 18.1 Å². The number of hydrogen-bond donors (Lipinski definition) is 2. The monoisotopic (exact) mass is 709 g/mol. The molecule has 0 saturated heterocycles. The van der Waals surface area contributed by atoms with E-state index in [1.165, 1.54) is 0 Å². The Morgan fingerprint density at radius 1 is 0.458 bits per heavy atom. The van der Waals surface area contributed by atoms with Crippen molar-refractivity contribution in [2.75, 3.05) is 0 Å². The molecule has 2 aliphatic heterocycles. The summed E-state index contributed by atoms with van der Waals surface area (Å²) < 4.78 is 46.5. The molecule has 6 rings (SSSR count). The Balaban J connectivity index is 0.000000250. The third kappa shape index (κ3) is 8.04. The number of aryl methyl sites for hydroxylation is 8. The van der Waals surface area contributed by atoms with Crippen molar-refractivity contribution in [2.24, 2.45) is 0 Å². The van der Waals surface area contributed by atoms with E-state index >= 15 is 0 Å². The lowest BCUT2D eigenvalue weighted by atomic mass is 9.87. The Bertz CT molecular complexity index is 1700. The second kappa shape index (κ2) is 14.4. The molecular formula is C36H44AlO9P2. The van der Waals surface area contributed by atoms with Crippen LogP contribution in [0.2, 0.25) is 0 Å². The largest absolute Gasteiger partial charge is 0.584 e. The molecule has 0 amide bonds. The van der Waals surface area contributed by atoms with Crippen molar-refractivity contribution in [3.05, 3.63) is 115 Å². The predicted octanol–water partition coefficient (Wildman–Crippen LogP) is 8.68. The van der Waals surface area contributed by atoms with Gasteiger partial charge in [0.2, 0.25) is 0 Å². The highest BCUT2D eigenvalue weighted by atomic mass is 31.2. The lowest BCUT2D eigenvalue weighted by molar-refractivity contribution is 0.282. The zero-order chi connectivity index (χ0) is 33.9. The molecule has 2 heterocycles. The first-order chi connectivity index (χ1) is 21.4. The summed E-state index contributed by atoms with van der Waals surface area (Å²) in [5.74, 6) is 1.77. The summed E-state index contributed by atoms with van der Waals surface area (Å²) >= 11 is 0. The molecule has 255 valence electrons. The molecule has 0 atom stereocenters. The average Bonchev–Trinajstić information content (AvgIpc) is 2.92. The van der Waals surface area contributed by atoms with Crippen molar-refractivity contribution in [3.8, 4) is 23.0 Å². The Morgan fingerprint density at radius 3 is 0.833 bits per heavy atom. The van der Waals surface area contributed by atoms with Crippen LogP contribution in [0.3, 0.4) is 0 Å². The summed E-state index contributed by atoms with van der Waals surface area (Å²) in [5, 5.41) is 0. The molecule has 4 aromatic rings. The van der Waals surface area contributed by atoms with Crippen LogP contribution in [0.15, 0.2) is 48.5 Å². The summed E-state index contributed by atoms with van der Waals surface area (Å²) in [6.45, 7) is 19.7. The molecule has 0 aromatic heterocycles. The summed E-state index contributed by atoms with van der Waals surface area (Å²) in [6.07, 6.45) is 0. The lowest BCUT2D eigenvalue weighted by Gasteiger charge is -2.28. The van der Waals surface area contributed by atoms with Gasteiger partial charge in [0.25, 0.3) is 0 Å². The molecular weight excluding hydrogens is 665 g/mol. The Hall–Kier alpha value is -3.05. The minimum absolute atomic E-state index is 0. The van der Waals surface area contributed by atoms with Gasteiger partial charge in [0.1, 0.15) is 23.0 Å². The molecule has 0 aliphatic carbocycles. The molecule has 4 aromatic carbocycles. The van der Waals surface area contributed by atoms with Crippen LogP contribution in [0.1, 0.15) is 92.4 Å². The van der Waals surface area contributed by atoms with Crippen molar-refractivity contribution in [1.82, 2.24) is 0 Å². The number of phosphoric ester groups is 2. The fourth-order valence-corrected chi connectivity index (χ4v) is 8.56. The Labute approximate surface area is 293 Å². The van der Waals surface area contributed by atoms with Gasteiger partial charge in [-0.2, -0.15) is 0 Å². The van der Waals surface area contributed by atoms with E-state index in [-0.39, 0.29) is 34.7 Å². The molecule has 0 bridgehead atoms. The molecule has 12 heteroatoms. The van der Waals surface area contributed by atoms with Gasteiger partial charge in [-0.15, -0.1) is 0 Å². The molecule has 0 fully saturated rings. The highest BCUT2D eigenvalue weighted by Crippen LogP contribution is 2.55. The van der Waals surface area contributed by atoms with Crippen LogP contribution in [0.25, 0.3) is 0 Å². The quantitative estimate of drug-likeness (QED) is 0.136. The number of phosphoric acid groups is 2. The second-order valence-corrected chi connectivity index (χ2v) is 15.4. The van der Waals surface area contributed by atoms with Crippen molar-refractivity contribution in [1.29, 1.82) is 0 Å². The predicted molar refractivity (Wildman–Crippen MR) is 190 cm³/mol. The van der Waals surface area contributed by atoms with E-state index in [0.717, 1.165) is 66.8 Å². The highest BCUT2D eigenvalue weighted by molar-refractivity contribution is 7.48. The first-order valence-corrected chi connectivity index (χ1v) is 18.2. The van der Waals surface area contributed by atoms with Crippen molar-refractivity contribution in [2.45, 2.75) is 81.1 Å². The third-order valence-electron chi connectivity index (χ3n) is 8.48. The lowest BCUT2D eigenvalue weighted by Crippen LogP contribution is -2.12. The molecule has 9 nitrogen and oxygen atoms in total. The van der Waals surface area contributed by atoms with Crippen molar-refractivity contribution in [3.63, 3.8) is 0 Å². The van der Waals surface area contributed by atoms with E-state index in [2.05, 4.69) is 13.8 Å². The van der Waals surface area contributed by atoms with Gasteiger partial charge in [-0.1, -0.05) is 84.6 Å². The van der Waals surface area contributed by atoms with Crippen LogP contribution in [-0.4, -0.2) is 32.6 Å². The van der Waals surface area contributed by atoms with Crippen LogP contribution in [-0.2, 0) is 9.13 Å². The van der Waals surface area contributed by atoms with Gasteiger partial charge >= 0.3 is 15.6 Å². The van der Waals surface area contributed by atoms with Crippen molar-refractivity contribution >= 4 is 33.0 Å². The molecule has 48 heavy (non-hydrogen) atoms. The molecule has 3 radical (unpaired) electrons. The fraction of sp³-hybridized carbons (Fsp3) is 0.333. The van der Waals surface area contributed by atoms with E-state index in [0.29, 0.717) is 23.0 Å². The van der Waals surface area contributed by atoms with Gasteiger partial charge in [0, 0.05) is 51.5 Å². The van der Waals surface area contributed by atoms with Gasteiger partial charge in [0.15, 0.2) is 0 Å². The maximum atomic E-state index is 12.4. The topological polar surface area (TPSA) is 143 Å². The normalized spacial score (nSPS) is 22.0. The molecule has 0 unspecified atom stereocenters. The zero-order valence-corrected chi connectivity index (χ0v) is 32.0. The first kappa shape index (κ1) is 39.4. The second-order valence-electron chi connectivity index (χ2n) is 12.7. The van der Waals surface area contributed by atoms with Gasteiger partial charge < -0.3 is 23.6 Å². The van der Waals surface area contributed by atoms with Crippen LogP contribution in [0, 0.1) is 55.4 Å². The van der Waals surface area contributed by atoms with Crippen LogP contribution in [0.5, 0.6) is 23.0 Å². The van der Waals surface area contributed by atoms with Gasteiger partial charge in [-0.25, -0.2) is 9.13 Å². The molecule has 0 saturated carbocycles. The maximum absolute atomic E-state index is 12.4. The van der Waals surface area contributed by atoms with Crippen LogP contribution < -0.4 is 18.1 Å². The standard InChI is InChI=1S/2C18H21O4P.Al.H2O/c2*1-10-6-12(3)17-15(8-10)14(5)16-9-11(2)7-13(4)18(16)22-23(19,20)21-17;;/h2*6-9,14H,1-5H3,(H,19,20);;1H2. The minimum Gasteiger partial charge on any atom is -0.412 e. The van der Waals surface area contributed by atoms with Gasteiger partial charge in [0.05, 0.1) is 0 Å². The fourth-order valence-electron chi connectivity index (χ4n) is 6.57. The van der Waals surface area contributed by atoms with E-state index in [1.54, 1.807) is 0 Å². The van der Waals surface area contributed by atoms with Crippen molar-refractivity contribution < 1.29 is 42.5 Å². The number of hydrogen-bond acceptors (Lipinski definition) is 6. The minimum atomic E-state index is -4.23. The Morgan fingerprint density at radius 2 is 0.646 bits per heavy atom. The van der Waals surface area contributed by atoms with Gasteiger partial charge in [-0.05, 0) is 77.6 Å². The van der Waals surface area contributed by atoms with E-state index in [1.807, 2.05) is 104 Å². The average molecular weight is 710 g/mol. The SMILES string of the molecule is Cc1cc(C)c2c(c1)C(C)c1cc(C)cc(C)c1OP(=O)(O)O2.Cc1cc(C)c2c(c1)C(C)c1cc(C)cc(C)c1OP(=O)(O)O2.O.[Al]. The number of rotatable bonds is 0. The van der Waals surface area contributed by atoms with E-state index in [9.17, 15) is 18.9 Å². The molecule has 4 N–H and O–H groups in total. The smallest absolute Gasteiger partial charge is 0.412 e. The third-order valence-corrected chi connectivity index (χ3v) is 10.1. The van der Waals surface area contributed by atoms with E-state index < -0.39 is 15.6 Å². The maximum Gasteiger partial charge on any atom is 0.584 e. The first-order valence-electron chi connectivity index (χ1n) is 15.2. The molecule has 2 aliphatic rings. The number of benzene rings is 4. The number of fused-ring (bicyclic) bond motifs is 4. The highest BCUT2D eigenvalue weighted by Gasteiger charge is 2.36. The zero-order valence-electron chi connectivity index (χ0n) is 29.1. The van der Waals surface area contributed by atoms with Gasteiger partial charge in [-0.3, -0.25) is 9.79 Å².